The SMILES string of the molecule is CC(C)(C)OC(=O)N1CCC(NC(=O)c2cc(S(=O)(=O)N3CCOCC3)ccc2F)CC1. The second-order valence-corrected chi connectivity index (χ2v) is 10.8. The molecule has 0 saturated carbocycles. The highest BCUT2D eigenvalue weighted by atomic mass is 32.2. The number of hydrogen-bond donors (Lipinski definition) is 1. The average molecular weight is 472 g/mol. The summed E-state index contributed by atoms with van der Waals surface area (Å²) in [5.41, 5.74) is -0.916. The van der Waals surface area contributed by atoms with Crippen molar-refractivity contribution in [1.29, 1.82) is 0 Å². The van der Waals surface area contributed by atoms with Crippen molar-refractivity contribution in [2.75, 3.05) is 39.4 Å². The van der Waals surface area contributed by atoms with Gasteiger partial charge in [-0.1, -0.05) is 0 Å². The van der Waals surface area contributed by atoms with Crippen LogP contribution in [0.4, 0.5) is 9.18 Å². The van der Waals surface area contributed by atoms with Crippen LogP contribution in [-0.2, 0) is 19.5 Å². The maximum atomic E-state index is 14.4. The van der Waals surface area contributed by atoms with Crippen LogP contribution < -0.4 is 5.32 Å². The van der Waals surface area contributed by atoms with Gasteiger partial charge in [-0.3, -0.25) is 4.79 Å². The fourth-order valence-electron chi connectivity index (χ4n) is 3.57. The number of carbonyl (C=O) groups is 2. The third kappa shape index (κ3) is 5.96. The van der Waals surface area contributed by atoms with Crippen molar-refractivity contribution in [2.24, 2.45) is 0 Å². The first kappa shape index (κ1) is 24.4. The van der Waals surface area contributed by atoms with Crippen LogP contribution in [-0.4, -0.2) is 80.7 Å². The van der Waals surface area contributed by atoms with Crippen molar-refractivity contribution < 1.29 is 31.9 Å². The number of benzene rings is 1. The number of halogens is 1. The molecule has 178 valence electrons. The van der Waals surface area contributed by atoms with Crippen molar-refractivity contribution in [2.45, 2.75) is 50.2 Å². The first-order valence-electron chi connectivity index (χ1n) is 10.6. The van der Waals surface area contributed by atoms with Crippen LogP contribution in [0, 0.1) is 5.82 Å². The first-order chi connectivity index (χ1) is 15.0. The van der Waals surface area contributed by atoms with E-state index in [1.807, 2.05) is 0 Å². The maximum absolute atomic E-state index is 14.4. The molecule has 2 aliphatic rings. The van der Waals surface area contributed by atoms with Gasteiger partial charge in [-0.05, 0) is 51.8 Å². The minimum Gasteiger partial charge on any atom is -0.444 e. The maximum Gasteiger partial charge on any atom is 0.410 e. The molecule has 0 aromatic heterocycles. The Morgan fingerprint density at radius 3 is 2.34 bits per heavy atom. The number of carbonyl (C=O) groups excluding carboxylic acids is 2. The highest BCUT2D eigenvalue weighted by Gasteiger charge is 2.30. The van der Waals surface area contributed by atoms with E-state index in [0.717, 1.165) is 18.2 Å². The van der Waals surface area contributed by atoms with Gasteiger partial charge in [0, 0.05) is 32.2 Å². The Morgan fingerprint density at radius 1 is 1.12 bits per heavy atom. The third-order valence-electron chi connectivity index (χ3n) is 5.27. The molecule has 0 bridgehead atoms. The van der Waals surface area contributed by atoms with Gasteiger partial charge in [0.2, 0.25) is 10.0 Å². The Hall–Kier alpha value is -2.24. The molecule has 0 radical (unpaired) electrons. The van der Waals surface area contributed by atoms with Gasteiger partial charge in [0.15, 0.2) is 0 Å². The van der Waals surface area contributed by atoms with E-state index in [1.165, 1.54) is 4.31 Å². The minimum atomic E-state index is -3.85. The monoisotopic (exact) mass is 471 g/mol. The molecular weight excluding hydrogens is 441 g/mol. The molecular formula is C21H30FN3O6S. The van der Waals surface area contributed by atoms with Gasteiger partial charge < -0.3 is 19.7 Å². The highest BCUT2D eigenvalue weighted by Crippen LogP contribution is 2.21. The van der Waals surface area contributed by atoms with Crippen LogP contribution in [0.2, 0.25) is 0 Å². The zero-order valence-corrected chi connectivity index (χ0v) is 19.4. The topological polar surface area (TPSA) is 105 Å². The molecule has 0 aliphatic carbocycles. The fourth-order valence-corrected chi connectivity index (χ4v) is 5.01. The summed E-state index contributed by atoms with van der Waals surface area (Å²) >= 11 is 0. The lowest BCUT2D eigenvalue weighted by atomic mass is 10.0. The Bertz CT molecular complexity index is 949. The predicted molar refractivity (Wildman–Crippen MR) is 114 cm³/mol. The summed E-state index contributed by atoms with van der Waals surface area (Å²) in [6.07, 6.45) is 0.561. The van der Waals surface area contributed by atoms with Gasteiger partial charge in [-0.15, -0.1) is 0 Å². The number of nitrogens with one attached hydrogen (secondary N) is 1. The molecule has 2 fully saturated rings. The van der Waals surface area contributed by atoms with E-state index in [1.54, 1.807) is 25.7 Å². The fraction of sp³-hybridized carbons (Fsp3) is 0.619. The van der Waals surface area contributed by atoms with E-state index in [2.05, 4.69) is 5.32 Å². The standard InChI is InChI=1S/C21H30FN3O6S/c1-21(2,3)31-20(27)24-8-6-15(7-9-24)23-19(26)17-14-16(4-5-18(17)22)32(28,29)25-10-12-30-13-11-25/h4-5,14-15H,6-13H2,1-3H3,(H,23,26). The number of nitrogens with zero attached hydrogens (tertiary/aromatic N) is 2. The van der Waals surface area contributed by atoms with Gasteiger partial charge in [-0.2, -0.15) is 4.31 Å². The zero-order chi connectivity index (χ0) is 23.5. The Balaban J connectivity index is 1.63. The average Bonchev–Trinajstić information content (AvgIpc) is 2.73. The molecule has 1 aromatic rings. The van der Waals surface area contributed by atoms with E-state index < -0.39 is 33.4 Å². The minimum absolute atomic E-state index is 0.134. The first-order valence-corrected chi connectivity index (χ1v) is 12.1. The van der Waals surface area contributed by atoms with Gasteiger partial charge in [-0.25, -0.2) is 17.6 Å². The number of likely N-dealkylation sites (tertiary alicyclic amines) is 1. The van der Waals surface area contributed by atoms with Gasteiger partial charge in [0.25, 0.3) is 5.91 Å². The molecule has 9 nitrogen and oxygen atoms in total. The van der Waals surface area contributed by atoms with Crippen LogP contribution >= 0.6 is 0 Å². The van der Waals surface area contributed by atoms with Gasteiger partial charge >= 0.3 is 6.09 Å². The number of morpholine rings is 1. The summed E-state index contributed by atoms with van der Waals surface area (Å²) in [6.45, 7) is 7.15. The lowest BCUT2D eigenvalue weighted by Gasteiger charge is -2.33. The summed E-state index contributed by atoms with van der Waals surface area (Å²) < 4.78 is 51.8. The normalized spacial score (nSPS) is 18.9. The highest BCUT2D eigenvalue weighted by molar-refractivity contribution is 7.89. The van der Waals surface area contributed by atoms with Crippen LogP contribution in [0.15, 0.2) is 23.1 Å². The number of amides is 2. The molecule has 32 heavy (non-hydrogen) atoms. The second-order valence-electron chi connectivity index (χ2n) is 8.87. The quantitative estimate of drug-likeness (QED) is 0.720. The molecule has 0 unspecified atom stereocenters. The Labute approximate surface area is 187 Å². The molecule has 1 aromatic carbocycles. The number of hydrogen-bond acceptors (Lipinski definition) is 6. The van der Waals surface area contributed by atoms with Crippen LogP contribution in [0.3, 0.4) is 0 Å². The summed E-state index contributed by atoms with van der Waals surface area (Å²) in [4.78, 5) is 26.3. The summed E-state index contributed by atoms with van der Waals surface area (Å²) in [5.74, 6) is -1.48. The van der Waals surface area contributed by atoms with Crippen molar-refractivity contribution >= 4 is 22.0 Å². The summed E-state index contributed by atoms with van der Waals surface area (Å²) in [7, 11) is -3.85. The van der Waals surface area contributed by atoms with E-state index in [9.17, 15) is 22.4 Å². The second kappa shape index (κ2) is 9.72. The zero-order valence-electron chi connectivity index (χ0n) is 18.6. The lowest BCUT2D eigenvalue weighted by Crippen LogP contribution is -2.48. The smallest absolute Gasteiger partial charge is 0.410 e. The van der Waals surface area contributed by atoms with Crippen LogP contribution in [0.5, 0.6) is 0 Å². The summed E-state index contributed by atoms with van der Waals surface area (Å²) in [6, 6.07) is 2.97. The molecule has 2 heterocycles. The van der Waals surface area contributed by atoms with Gasteiger partial charge in [0.05, 0.1) is 23.7 Å². The number of ether oxygens (including phenoxy) is 2. The summed E-state index contributed by atoms with van der Waals surface area (Å²) in [5, 5.41) is 2.76. The van der Waals surface area contributed by atoms with Crippen molar-refractivity contribution in [3.63, 3.8) is 0 Å². The van der Waals surface area contributed by atoms with Crippen molar-refractivity contribution in [3.8, 4) is 0 Å². The molecule has 0 atom stereocenters. The lowest BCUT2D eigenvalue weighted by molar-refractivity contribution is 0.0199. The molecule has 0 spiro atoms. The van der Waals surface area contributed by atoms with Crippen LogP contribution in [0.1, 0.15) is 44.0 Å². The van der Waals surface area contributed by atoms with Crippen LogP contribution in [0.25, 0.3) is 0 Å². The number of piperidine rings is 1. The van der Waals surface area contributed by atoms with Gasteiger partial charge in [0.1, 0.15) is 11.4 Å². The van der Waals surface area contributed by atoms with E-state index in [-0.39, 0.29) is 42.8 Å². The number of rotatable bonds is 4. The largest absolute Gasteiger partial charge is 0.444 e. The molecule has 1 N–H and O–H groups in total. The molecule has 11 heteroatoms. The Morgan fingerprint density at radius 2 is 1.75 bits per heavy atom. The molecule has 2 saturated heterocycles. The van der Waals surface area contributed by atoms with E-state index >= 15 is 0 Å². The van der Waals surface area contributed by atoms with Crippen molar-refractivity contribution in [1.82, 2.24) is 14.5 Å². The molecule has 2 amide bonds. The molecule has 3 rings (SSSR count). The Kier molecular flexibility index (Phi) is 7.41. The van der Waals surface area contributed by atoms with Crippen molar-refractivity contribution in [3.05, 3.63) is 29.6 Å². The number of sulfonamides is 1. The third-order valence-corrected chi connectivity index (χ3v) is 7.17. The molecule has 2 aliphatic heterocycles. The van der Waals surface area contributed by atoms with E-state index in [4.69, 9.17) is 9.47 Å². The predicted octanol–water partition coefficient (Wildman–Crippen LogP) is 1.98. The van der Waals surface area contributed by atoms with E-state index in [0.29, 0.717) is 25.9 Å².